The Hall–Kier alpha value is -1.23. The van der Waals surface area contributed by atoms with E-state index in [2.05, 4.69) is 0 Å². The molecule has 0 spiro atoms. The molecule has 1 N–H and O–H groups in total. The number of aromatic nitrogens is 1. The van der Waals surface area contributed by atoms with Crippen LogP contribution in [0.3, 0.4) is 0 Å². The van der Waals surface area contributed by atoms with Crippen molar-refractivity contribution >= 4 is 79.9 Å². The number of fused-ring (bicyclic) bond motifs is 3. The summed E-state index contributed by atoms with van der Waals surface area (Å²) in [5.41, 5.74) is 1.20. The van der Waals surface area contributed by atoms with Gasteiger partial charge in [-0.15, -0.1) is 0 Å². The van der Waals surface area contributed by atoms with Crippen molar-refractivity contribution in [3.05, 3.63) is 58.2 Å². The Kier molecular flexibility index (Phi) is 8.69. The number of carbonyl (C=O) groups is 1. The summed E-state index contributed by atoms with van der Waals surface area (Å²) in [6.45, 7) is 3.95. The SMILES string of the molecule is CC(C)Oc1ccc(COc2ccc3c(c2)c(Cl)c2n3CCC2CC(=O)O)cc1C(F)(F)F.[KH]. The normalized spacial score (nSPS) is 15.3. The van der Waals surface area contributed by atoms with E-state index in [1.54, 1.807) is 32.0 Å². The molecule has 2 heterocycles. The molecule has 0 saturated carbocycles. The first-order chi connectivity index (χ1) is 15.5. The molecule has 1 aromatic heterocycles. The Morgan fingerprint density at radius 2 is 1.97 bits per heavy atom. The molecule has 1 aliphatic heterocycles. The Bertz CT molecular complexity index is 1210. The van der Waals surface area contributed by atoms with Crippen molar-refractivity contribution in [3.8, 4) is 11.5 Å². The number of alkyl halides is 3. The summed E-state index contributed by atoms with van der Waals surface area (Å²) in [4.78, 5) is 11.2. The number of halogens is 4. The summed E-state index contributed by atoms with van der Waals surface area (Å²) in [6.07, 6.45) is -4.21. The van der Waals surface area contributed by atoms with Crippen molar-refractivity contribution in [2.75, 3.05) is 0 Å². The molecular formula is C24H24ClF3KNO4. The van der Waals surface area contributed by atoms with Gasteiger partial charge in [-0.3, -0.25) is 4.79 Å². The van der Waals surface area contributed by atoms with E-state index < -0.39 is 17.7 Å². The first-order valence-electron chi connectivity index (χ1n) is 10.6. The van der Waals surface area contributed by atoms with Gasteiger partial charge < -0.3 is 19.1 Å². The average Bonchev–Trinajstić information content (AvgIpc) is 3.25. The molecule has 0 amide bonds. The molecule has 10 heteroatoms. The van der Waals surface area contributed by atoms with Crippen molar-refractivity contribution in [2.45, 2.75) is 58.0 Å². The molecule has 0 fully saturated rings. The third-order valence-electron chi connectivity index (χ3n) is 5.64. The van der Waals surface area contributed by atoms with Crippen LogP contribution in [0.15, 0.2) is 36.4 Å². The second-order valence-corrected chi connectivity index (χ2v) is 8.77. The van der Waals surface area contributed by atoms with Gasteiger partial charge in [-0.25, -0.2) is 0 Å². The van der Waals surface area contributed by atoms with Gasteiger partial charge in [0, 0.05) is 23.5 Å². The van der Waals surface area contributed by atoms with E-state index in [0.717, 1.165) is 22.7 Å². The average molecular weight is 522 g/mol. The molecule has 34 heavy (non-hydrogen) atoms. The van der Waals surface area contributed by atoms with E-state index in [9.17, 15) is 18.0 Å². The monoisotopic (exact) mass is 521 g/mol. The number of rotatable bonds is 7. The van der Waals surface area contributed by atoms with Gasteiger partial charge in [-0.05, 0) is 56.2 Å². The number of hydrogen-bond acceptors (Lipinski definition) is 3. The zero-order valence-electron chi connectivity index (χ0n) is 18.1. The van der Waals surface area contributed by atoms with Gasteiger partial charge in [0.05, 0.1) is 28.6 Å². The number of nitrogens with zero attached hydrogens (tertiary/aromatic N) is 1. The molecule has 0 aliphatic carbocycles. The van der Waals surface area contributed by atoms with Gasteiger partial charge in [-0.1, -0.05) is 17.7 Å². The molecule has 3 aromatic rings. The van der Waals surface area contributed by atoms with Crippen LogP contribution in [0.5, 0.6) is 11.5 Å². The fourth-order valence-electron chi connectivity index (χ4n) is 4.29. The molecule has 0 radical (unpaired) electrons. The van der Waals surface area contributed by atoms with Gasteiger partial charge in [0.2, 0.25) is 0 Å². The number of ether oxygens (including phenoxy) is 2. The molecule has 0 saturated heterocycles. The number of carboxylic acids is 1. The van der Waals surface area contributed by atoms with E-state index in [-0.39, 0.29) is 82.2 Å². The van der Waals surface area contributed by atoms with Crippen molar-refractivity contribution in [3.63, 3.8) is 0 Å². The Labute approximate surface area is 242 Å². The van der Waals surface area contributed by atoms with Crippen molar-refractivity contribution in [1.29, 1.82) is 0 Å². The summed E-state index contributed by atoms with van der Waals surface area (Å²) in [6, 6.07) is 9.19. The molecule has 1 aliphatic rings. The summed E-state index contributed by atoms with van der Waals surface area (Å²) < 4.78 is 53.5. The van der Waals surface area contributed by atoms with Crippen LogP contribution in [0.4, 0.5) is 13.2 Å². The van der Waals surface area contributed by atoms with Crippen LogP contribution in [0.2, 0.25) is 5.02 Å². The summed E-state index contributed by atoms with van der Waals surface area (Å²) >= 11 is 6.59. The molecule has 178 valence electrons. The van der Waals surface area contributed by atoms with Crippen LogP contribution in [0.1, 0.15) is 49.4 Å². The van der Waals surface area contributed by atoms with E-state index in [1.165, 1.54) is 6.07 Å². The molecule has 2 aromatic carbocycles. The van der Waals surface area contributed by atoms with Crippen molar-refractivity contribution < 1.29 is 32.5 Å². The first kappa shape index (κ1) is 27.4. The number of aliphatic carboxylic acids is 1. The summed E-state index contributed by atoms with van der Waals surface area (Å²) in [5, 5.41) is 10.4. The van der Waals surface area contributed by atoms with Gasteiger partial charge in [0.1, 0.15) is 18.1 Å². The van der Waals surface area contributed by atoms with E-state index in [0.29, 0.717) is 29.3 Å². The topological polar surface area (TPSA) is 60.7 Å². The minimum atomic E-state index is -4.55. The Balaban J connectivity index is 0.00000324. The van der Waals surface area contributed by atoms with Crippen LogP contribution in [0, 0.1) is 0 Å². The fourth-order valence-corrected chi connectivity index (χ4v) is 4.69. The molecule has 1 unspecified atom stereocenters. The third kappa shape index (κ3) is 5.76. The quantitative estimate of drug-likeness (QED) is 0.388. The predicted octanol–water partition coefficient (Wildman–Crippen LogP) is 5.99. The van der Waals surface area contributed by atoms with Crippen LogP contribution in [-0.2, 0) is 24.1 Å². The second kappa shape index (κ2) is 10.8. The number of aryl methyl sites for hydroxylation is 1. The van der Waals surface area contributed by atoms with Gasteiger partial charge in [0.25, 0.3) is 0 Å². The number of carboxylic acid groups (broad SMARTS) is 1. The van der Waals surface area contributed by atoms with Crippen molar-refractivity contribution in [1.82, 2.24) is 4.57 Å². The van der Waals surface area contributed by atoms with Crippen LogP contribution in [0.25, 0.3) is 10.9 Å². The predicted molar refractivity (Wildman–Crippen MR) is 125 cm³/mol. The maximum atomic E-state index is 13.5. The number of hydrogen-bond donors (Lipinski definition) is 1. The van der Waals surface area contributed by atoms with Gasteiger partial charge in [-0.2, -0.15) is 13.2 Å². The Morgan fingerprint density at radius 3 is 2.62 bits per heavy atom. The zero-order valence-corrected chi connectivity index (χ0v) is 18.8. The summed E-state index contributed by atoms with van der Waals surface area (Å²) in [7, 11) is 0. The fraction of sp³-hybridized carbons (Fsp3) is 0.375. The molecule has 1 atom stereocenters. The Morgan fingerprint density at radius 1 is 1.24 bits per heavy atom. The van der Waals surface area contributed by atoms with Crippen molar-refractivity contribution in [2.24, 2.45) is 0 Å². The zero-order chi connectivity index (χ0) is 23.9. The molecule has 0 bridgehead atoms. The maximum absolute atomic E-state index is 13.5. The van der Waals surface area contributed by atoms with Gasteiger partial charge >= 0.3 is 63.5 Å². The second-order valence-electron chi connectivity index (χ2n) is 8.40. The molecular weight excluding hydrogens is 498 g/mol. The minimum absolute atomic E-state index is 0. The van der Waals surface area contributed by atoms with E-state index >= 15 is 0 Å². The van der Waals surface area contributed by atoms with Crippen LogP contribution in [-0.4, -0.2) is 73.1 Å². The molecule has 5 nitrogen and oxygen atoms in total. The third-order valence-corrected chi connectivity index (χ3v) is 6.03. The summed E-state index contributed by atoms with van der Waals surface area (Å²) in [5.74, 6) is -0.783. The van der Waals surface area contributed by atoms with Gasteiger partial charge in [0.15, 0.2) is 0 Å². The standard InChI is InChI=1S/C24H23ClF3NO4.K.H/c1-13(2)33-20-6-3-14(9-18(20)24(26,27)28)12-32-16-4-5-19-17(11-16)22(25)23-15(10-21(30)31)7-8-29(19)23;;/h3-6,9,11,13,15H,7-8,10,12H2,1-2H3,(H,30,31);;. The van der Waals surface area contributed by atoms with Crippen LogP contribution >= 0.6 is 11.6 Å². The van der Waals surface area contributed by atoms with E-state index in [4.69, 9.17) is 26.2 Å². The molecule has 4 rings (SSSR count). The van der Waals surface area contributed by atoms with E-state index in [1.807, 2.05) is 10.6 Å². The first-order valence-corrected chi connectivity index (χ1v) is 11.0. The number of benzene rings is 2. The van der Waals surface area contributed by atoms with Crippen LogP contribution < -0.4 is 9.47 Å².